The minimum atomic E-state index is -1.29. The van der Waals surface area contributed by atoms with E-state index in [4.69, 9.17) is 4.74 Å². The molecule has 2 amide bonds. The van der Waals surface area contributed by atoms with E-state index in [0.29, 0.717) is 42.5 Å². The monoisotopic (exact) mass is 608 g/mol. The molecule has 228 valence electrons. The Morgan fingerprint density at radius 3 is 2.36 bits per heavy atom. The van der Waals surface area contributed by atoms with Crippen molar-refractivity contribution in [2.45, 2.75) is 57.9 Å². The topological polar surface area (TPSA) is 98.8 Å². The molecule has 44 heavy (non-hydrogen) atoms. The normalized spacial score (nSPS) is 13.8. The smallest absolute Gasteiger partial charge is 0.548 e. The third-order valence-electron chi connectivity index (χ3n) is 8.04. The van der Waals surface area contributed by atoms with E-state index in [1.54, 1.807) is 18.2 Å². The number of rotatable bonds is 13. The van der Waals surface area contributed by atoms with Crippen molar-refractivity contribution in [3.05, 3.63) is 89.5 Å². The summed E-state index contributed by atoms with van der Waals surface area (Å²) in [5.74, 6) is -0.186. The molecule has 4 rings (SSSR count). The molecule has 3 aromatic carbocycles. The molecule has 1 N–H and O–H groups in total. The van der Waals surface area contributed by atoms with E-state index < -0.39 is 17.9 Å². The summed E-state index contributed by atoms with van der Waals surface area (Å²) < 4.78 is 5.73. The van der Waals surface area contributed by atoms with Crippen LogP contribution < -0.4 is 34.0 Å². The molecular formula is C35H41LiN2O5S. The number of aryl methyl sites for hydroxylation is 1. The van der Waals surface area contributed by atoms with Crippen LogP contribution >= 0.6 is 11.8 Å². The van der Waals surface area contributed by atoms with E-state index in [1.165, 1.54) is 31.0 Å². The zero-order valence-electron chi connectivity index (χ0n) is 26.1. The van der Waals surface area contributed by atoms with Gasteiger partial charge in [0.1, 0.15) is 5.75 Å². The summed E-state index contributed by atoms with van der Waals surface area (Å²) in [6, 6.07) is 21.5. The minimum Gasteiger partial charge on any atom is -0.548 e. The Labute approximate surface area is 277 Å². The number of carbonyl (C=O) groups is 3. The van der Waals surface area contributed by atoms with E-state index >= 15 is 0 Å². The van der Waals surface area contributed by atoms with Crippen LogP contribution in [0, 0.1) is 12.8 Å². The van der Waals surface area contributed by atoms with E-state index in [9.17, 15) is 19.5 Å². The Hall–Kier alpha value is -3.18. The molecule has 0 spiro atoms. The molecule has 0 aliphatic heterocycles. The molecule has 3 aromatic rings. The van der Waals surface area contributed by atoms with E-state index in [2.05, 4.69) is 5.32 Å². The van der Waals surface area contributed by atoms with Crippen molar-refractivity contribution in [3.63, 3.8) is 0 Å². The molecule has 1 aliphatic carbocycles. The van der Waals surface area contributed by atoms with Gasteiger partial charge in [0, 0.05) is 18.7 Å². The summed E-state index contributed by atoms with van der Waals surface area (Å²) in [4.78, 5) is 40.3. The first-order valence-electron chi connectivity index (χ1n) is 15.1. The van der Waals surface area contributed by atoms with Gasteiger partial charge in [-0.05, 0) is 91.0 Å². The summed E-state index contributed by atoms with van der Waals surface area (Å²) in [7, 11) is 0. The quantitative estimate of drug-likeness (QED) is 0.300. The van der Waals surface area contributed by atoms with Crippen LogP contribution in [0.5, 0.6) is 5.75 Å². The van der Waals surface area contributed by atoms with Gasteiger partial charge < -0.3 is 24.9 Å². The van der Waals surface area contributed by atoms with E-state index in [0.717, 1.165) is 35.1 Å². The Morgan fingerprint density at radius 1 is 0.977 bits per heavy atom. The predicted molar refractivity (Wildman–Crippen MR) is 170 cm³/mol. The molecular weight excluding hydrogens is 567 g/mol. The van der Waals surface area contributed by atoms with Gasteiger partial charge in [-0.2, -0.15) is 11.8 Å². The number of nitrogens with one attached hydrogen (secondary N) is 1. The van der Waals surface area contributed by atoms with Gasteiger partial charge in [-0.15, -0.1) is 0 Å². The molecule has 0 bridgehead atoms. The van der Waals surface area contributed by atoms with E-state index in [-0.39, 0.29) is 31.4 Å². The van der Waals surface area contributed by atoms with Crippen LogP contribution in [-0.4, -0.2) is 54.0 Å². The van der Waals surface area contributed by atoms with Crippen molar-refractivity contribution in [3.8, 4) is 16.9 Å². The fourth-order valence-electron chi connectivity index (χ4n) is 5.62. The Balaban J connectivity index is 0.00000529. The number of nitrogens with zero attached hydrogens (tertiary/aromatic N) is 1. The second-order valence-corrected chi connectivity index (χ2v) is 12.2. The molecule has 9 heteroatoms. The second-order valence-electron chi connectivity index (χ2n) is 11.2. The SMILES string of the molecule is CSCC[C@H](NC(=O)c1ccc(CCN(CC2CCCCC2)C(=O)Oc2ccccc2)cc1-c1ccccc1C)C(=O)[O-].[Li+]. The third-order valence-corrected chi connectivity index (χ3v) is 8.69. The number of hydrogen-bond donors (Lipinski definition) is 1. The van der Waals surface area contributed by atoms with Crippen LogP contribution in [0.25, 0.3) is 11.1 Å². The fourth-order valence-corrected chi connectivity index (χ4v) is 6.09. The number of carbonyl (C=O) groups excluding carboxylic acids is 3. The Bertz CT molecular complexity index is 1380. The summed E-state index contributed by atoms with van der Waals surface area (Å²) in [5.41, 5.74) is 3.98. The first-order chi connectivity index (χ1) is 20.9. The molecule has 7 nitrogen and oxygen atoms in total. The molecule has 1 aliphatic rings. The third kappa shape index (κ3) is 10.2. The number of carboxylic acid groups (broad SMARTS) is 1. The van der Waals surface area contributed by atoms with Gasteiger partial charge in [0.05, 0.1) is 12.0 Å². The number of amides is 2. The number of aliphatic carboxylic acids is 1. The van der Waals surface area contributed by atoms with Crippen LogP contribution in [0.15, 0.2) is 72.8 Å². The first-order valence-corrected chi connectivity index (χ1v) is 16.5. The average molecular weight is 609 g/mol. The van der Waals surface area contributed by atoms with Gasteiger partial charge >= 0.3 is 25.0 Å². The largest absolute Gasteiger partial charge is 1.00 e. The van der Waals surface area contributed by atoms with Crippen molar-refractivity contribution in [1.82, 2.24) is 10.2 Å². The molecule has 0 heterocycles. The van der Waals surface area contributed by atoms with Crippen molar-refractivity contribution < 1.29 is 43.1 Å². The van der Waals surface area contributed by atoms with Gasteiger partial charge in [0.15, 0.2) is 0 Å². The standard InChI is InChI=1S/C35H42N2O5S.Li/c1-25-11-9-10-16-29(25)31-23-26(17-18-30(31)33(38)36-32(34(39)40)20-22-43-2)19-21-37(24-27-12-5-3-6-13-27)35(41)42-28-14-7-4-8-15-28;/h4,7-11,14-18,23,27,32H,3,5-6,12-13,19-22,24H2,1-2H3,(H,36,38)(H,39,40);/q;+1/p-1/t32-;/m0./s1. The fraction of sp³-hybridized carbons (Fsp3) is 0.400. The van der Waals surface area contributed by atoms with Crippen molar-refractivity contribution in [1.29, 1.82) is 0 Å². The van der Waals surface area contributed by atoms with Crippen LogP contribution in [0.1, 0.15) is 60.0 Å². The van der Waals surface area contributed by atoms with Crippen molar-refractivity contribution in [2.24, 2.45) is 5.92 Å². The van der Waals surface area contributed by atoms with Gasteiger partial charge in [-0.1, -0.05) is 73.9 Å². The predicted octanol–water partition coefficient (Wildman–Crippen LogP) is 2.89. The molecule has 1 atom stereocenters. The summed E-state index contributed by atoms with van der Waals surface area (Å²) >= 11 is 1.52. The van der Waals surface area contributed by atoms with Crippen molar-refractivity contribution in [2.75, 3.05) is 25.1 Å². The van der Waals surface area contributed by atoms with Gasteiger partial charge in [-0.3, -0.25) is 4.79 Å². The number of hydrogen-bond acceptors (Lipinski definition) is 6. The zero-order valence-corrected chi connectivity index (χ0v) is 26.9. The summed E-state index contributed by atoms with van der Waals surface area (Å²) in [5, 5.41) is 14.4. The molecule has 0 radical (unpaired) electrons. The maximum atomic E-state index is 13.4. The van der Waals surface area contributed by atoms with Crippen LogP contribution in [0.4, 0.5) is 4.79 Å². The number of carboxylic acids is 1. The second kappa shape index (κ2) is 17.9. The molecule has 0 unspecified atom stereocenters. The summed E-state index contributed by atoms with van der Waals surface area (Å²) in [6.45, 7) is 3.11. The van der Waals surface area contributed by atoms with Crippen molar-refractivity contribution >= 4 is 29.7 Å². The minimum absolute atomic E-state index is 0. The van der Waals surface area contributed by atoms with Crippen LogP contribution in [-0.2, 0) is 11.2 Å². The molecule has 0 saturated heterocycles. The molecule has 1 fully saturated rings. The average Bonchev–Trinajstić information content (AvgIpc) is 3.02. The number of thioether (sulfide) groups is 1. The Morgan fingerprint density at radius 2 is 1.68 bits per heavy atom. The van der Waals surface area contributed by atoms with Crippen LogP contribution in [0.2, 0.25) is 0 Å². The van der Waals surface area contributed by atoms with Gasteiger partial charge in [0.2, 0.25) is 0 Å². The number of benzene rings is 3. The van der Waals surface area contributed by atoms with Gasteiger partial charge in [0.25, 0.3) is 5.91 Å². The maximum absolute atomic E-state index is 13.4. The number of ether oxygens (including phenoxy) is 1. The van der Waals surface area contributed by atoms with E-state index in [1.807, 2.05) is 72.7 Å². The Kier molecular flexibility index (Phi) is 14.4. The molecule has 0 aromatic heterocycles. The van der Waals surface area contributed by atoms with Crippen LogP contribution in [0.3, 0.4) is 0 Å². The maximum Gasteiger partial charge on any atom is 1.00 e. The zero-order chi connectivity index (χ0) is 30.6. The van der Waals surface area contributed by atoms with Gasteiger partial charge in [-0.25, -0.2) is 4.79 Å². The summed E-state index contributed by atoms with van der Waals surface area (Å²) in [6.07, 6.45) is 8.23. The molecule has 1 saturated carbocycles. The first kappa shape index (κ1) is 35.3. The number of para-hydroxylation sites is 1.